The number of fused-ring (bicyclic) bond motifs is 1. The first kappa shape index (κ1) is 27.9. The van der Waals surface area contributed by atoms with E-state index < -0.39 is 23.2 Å². The summed E-state index contributed by atoms with van der Waals surface area (Å²) in [6, 6.07) is 1.67. The van der Waals surface area contributed by atoms with Gasteiger partial charge in [0.1, 0.15) is 10.7 Å². The highest BCUT2D eigenvalue weighted by atomic mass is 16.6. The number of amides is 3. The van der Waals surface area contributed by atoms with Crippen molar-refractivity contribution in [2.45, 2.75) is 83.3 Å². The third-order valence-electron chi connectivity index (χ3n) is 6.49. The molecule has 3 heterocycles. The number of nitrogens with zero attached hydrogens (tertiary/aromatic N) is 5. The van der Waals surface area contributed by atoms with Crippen molar-refractivity contribution in [3.63, 3.8) is 0 Å². The molecule has 0 bridgehead atoms. The van der Waals surface area contributed by atoms with E-state index in [4.69, 9.17) is 4.42 Å². The van der Waals surface area contributed by atoms with Gasteiger partial charge in [0.25, 0.3) is 5.91 Å². The van der Waals surface area contributed by atoms with Gasteiger partial charge in [-0.3, -0.25) is 20.2 Å². The second-order valence-electron chi connectivity index (χ2n) is 9.27. The third kappa shape index (κ3) is 7.89. The first-order valence-corrected chi connectivity index (χ1v) is 13.0. The molecule has 12 nitrogen and oxygen atoms in total. The van der Waals surface area contributed by atoms with Crippen molar-refractivity contribution in [2.75, 3.05) is 13.6 Å². The van der Waals surface area contributed by atoms with Crippen LogP contribution >= 0.6 is 0 Å². The number of furan rings is 1. The van der Waals surface area contributed by atoms with Gasteiger partial charge in [-0.2, -0.15) is 5.10 Å². The lowest BCUT2D eigenvalue weighted by Crippen LogP contribution is -2.64. The molecule has 1 fully saturated rings. The number of rotatable bonds is 15. The molecule has 1 saturated heterocycles. The Morgan fingerprint density at radius 3 is 2.46 bits per heavy atom. The summed E-state index contributed by atoms with van der Waals surface area (Å²) in [4.78, 5) is 42.7. The van der Waals surface area contributed by atoms with Crippen molar-refractivity contribution in [1.29, 1.82) is 0 Å². The average Bonchev–Trinajstić information content (AvgIpc) is 3.49. The van der Waals surface area contributed by atoms with Gasteiger partial charge in [0.2, 0.25) is 5.96 Å². The Bertz CT molecular complexity index is 1020. The Morgan fingerprint density at radius 1 is 1.14 bits per heavy atom. The summed E-state index contributed by atoms with van der Waals surface area (Å²) in [6.07, 6.45) is 16.0. The van der Waals surface area contributed by atoms with Crippen LogP contribution in [0.5, 0.6) is 0 Å². The number of hydrogen-bond acceptors (Lipinski definition) is 9. The summed E-state index contributed by atoms with van der Waals surface area (Å²) >= 11 is 0. The largest absolute Gasteiger partial charge is 0.433 e. The molecule has 1 aromatic rings. The molecule has 2 atom stereocenters. The predicted molar refractivity (Wildman–Crippen MR) is 141 cm³/mol. The van der Waals surface area contributed by atoms with Gasteiger partial charge in [0, 0.05) is 19.8 Å². The minimum atomic E-state index is -0.624. The van der Waals surface area contributed by atoms with Gasteiger partial charge in [-0.25, -0.2) is 15.2 Å². The van der Waals surface area contributed by atoms with Crippen LogP contribution in [0.1, 0.15) is 76.9 Å². The number of urea groups is 1. The third-order valence-corrected chi connectivity index (χ3v) is 6.49. The second-order valence-corrected chi connectivity index (χ2v) is 9.27. The smallest absolute Gasteiger partial charge is 0.401 e. The highest BCUT2D eigenvalue weighted by Crippen LogP contribution is 2.24. The van der Waals surface area contributed by atoms with E-state index in [1.54, 1.807) is 13.1 Å². The minimum Gasteiger partial charge on any atom is -0.401 e. The van der Waals surface area contributed by atoms with E-state index in [-0.39, 0.29) is 11.8 Å². The lowest BCUT2D eigenvalue weighted by Gasteiger charge is -2.36. The molecule has 3 amide bonds. The van der Waals surface area contributed by atoms with Gasteiger partial charge in [0.05, 0.1) is 6.07 Å². The molecule has 37 heavy (non-hydrogen) atoms. The Hall–Kier alpha value is -3.70. The van der Waals surface area contributed by atoms with Gasteiger partial charge >= 0.3 is 11.9 Å². The van der Waals surface area contributed by atoms with Crippen LogP contribution in [0.3, 0.4) is 0 Å². The Labute approximate surface area is 217 Å². The lowest BCUT2D eigenvalue weighted by atomic mass is 10.1. The van der Waals surface area contributed by atoms with Crippen molar-refractivity contribution in [2.24, 2.45) is 10.1 Å². The number of nitro groups is 1. The summed E-state index contributed by atoms with van der Waals surface area (Å²) in [5, 5.41) is 17.2. The van der Waals surface area contributed by atoms with E-state index in [9.17, 15) is 19.7 Å². The number of hydrogen-bond donors (Lipinski definition) is 2. The van der Waals surface area contributed by atoms with Crippen LogP contribution in [0, 0.1) is 10.1 Å². The molecule has 12 heteroatoms. The van der Waals surface area contributed by atoms with Gasteiger partial charge in [-0.05, 0) is 24.6 Å². The fourth-order valence-corrected chi connectivity index (χ4v) is 4.44. The molecular weight excluding hydrogens is 478 g/mol. The quantitative estimate of drug-likeness (QED) is 0.154. The summed E-state index contributed by atoms with van der Waals surface area (Å²) in [6.45, 7) is 2.84. The van der Waals surface area contributed by atoms with Crippen LogP contribution in [-0.4, -0.2) is 64.6 Å². The zero-order valence-corrected chi connectivity index (χ0v) is 21.6. The van der Waals surface area contributed by atoms with Gasteiger partial charge in [-0.1, -0.05) is 64.7 Å². The van der Waals surface area contributed by atoms with Gasteiger partial charge in [0.15, 0.2) is 12.2 Å². The van der Waals surface area contributed by atoms with Crippen LogP contribution in [0.2, 0.25) is 0 Å². The number of nitrogens with one attached hydrogen (secondary N) is 2. The van der Waals surface area contributed by atoms with Crippen molar-refractivity contribution in [3.05, 3.63) is 34.1 Å². The van der Waals surface area contributed by atoms with Crippen LogP contribution in [0.15, 0.2) is 32.7 Å². The van der Waals surface area contributed by atoms with Crippen LogP contribution in [-0.2, 0) is 4.79 Å². The maximum atomic E-state index is 12.6. The number of allylic oxidation sites excluding steroid dienone is 1. The monoisotopic (exact) mass is 515 g/mol. The SMILES string of the molecule is CCCCCCCCCCCCN1C(N/N=C/C=C/c2ccc([N+](=O)[O-])o2)=NC2C1C(=O)NC(=O)N2C. The fourth-order valence-electron chi connectivity index (χ4n) is 4.44. The van der Waals surface area contributed by atoms with E-state index in [0.29, 0.717) is 18.3 Å². The molecule has 2 aliphatic heterocycles. The molecule has 1 aromatic heterocycles. The molecule has 0 saturated carbocycles. The number of carbonyl (C=O) groups is 2. The number of carbonyl (C=O) groups excluding carboxylic acids is 2. The maximum absolute atomic E-state index is 12.6. The van der Waals surface area contributed by atoms with E-state index >= 15 is 0 Å². The first-order valence-electron chi connectivity index (χ1n) is 13.0. The molecule has 0 aliphatic carbocycles. The average molecular weight is 516 g/mol. The maximum Gasteiger partial charge on any atom is 0.433 e. The normalized spacial score (nSPS) is 19.6. The van der Waals surface area contributed by atoms with Crippen molar-refractivity contribution < 1.29 is 18.9 Å². The molecule has 0 spiro atoms. The van der Waals surface area contributed by atoms with Crippen molar-refractivity contribution >= 4 is 36.1 Å². The predicted octanol–water partition coefficient (Wildman–Crippen LogP) is 4.25. The minimum absolute atomic E-state index is 0.321. The summed E-state index contributed by atoms with van der Waals surface area (Å²) in [5.41, 5.74) is 2.88. The zero-order valence-electron chi connectivity index (χ0n) is 21.6. The van der Waals surface area contributed by atoms with Crippen molar-refractivity contribution in [1.82, 2.24) is 20.5 Å². The Kier molecular flexibility index (Phi) is 10.7. The van der Waals surface area contributed by atoms with Gasteiger partial charge in [-0.15, -0.1) is 0 Å². The molecular formula is C25H37N7O5. The molecule has 2 N–H and O–H groups in total. The standard InChI is InChI=1S/C25H37N7O5/c1-3-4-5-6-7-8-9-10-11-12-18-31-21-22(30(2)25(34)28-23(21)33)27-24(31)29-26-17-13-14-19-15-16-20(37-19)32(35)36/h13-17,21-22H,3-12,18H2,1-2H3,(H,27,29)(H,28,33,34)/b14-13+,26-17+. The number of imide groups is 1. The van der Waals surface area contributed by atoms with Crippen LogP contribution < -0.4 is 10.7 Å². The van der Waals surface area contributed by atoms with Crippen LogP contribution in [0.4, 0.5) is 10.7 Å². The van der Waals surface area contributed by atoms with E-state index in [2.05, 4.69) is 27.8 Å². The number of aliphatic imine (C=N–C) groups is 1. The van der Waals surface area contributed by atoms with Crippen LogP contribution in [0.25, 0.3) is 6.08 Å². The Balaban J connectivity index is 1.51. The number of hydrazone groups is 1. The van der Waals surface area contributed by atoms with E-state index in [1.165, 1.54) is 74.3 Å². The topological polar surface area (TPSA) is 146 Å². The van der Waals surface area contributed by atoms with Gasteiger partial charge < -0.3 is 14.2 Å². The first-order chi connectivity index (χ1) is 17.9. The Morgan fingerprint density at radius 2 is 1.81 bits per heavy atom. The lowest BCUT2D eigenvalue weighted by molar-refractivity contribution is -0.402. The fraction of sp³-hybridized carbons (Fsp3) is 0.600. The summed E-state index contributed by atoms with van der Waals surface area (Å²) in [5.74, 6) is 0.0314. The number of likely N-dealkylation sites (N-methyl/N-ethyl adjacent to an activating group) is 1. The molecule has 202 valence electrons. The van der Waals surface area contributed by atoms with Crippen molar-refractivity contribution in [3.8, 4) is 0 Å². The summed E-state index contributed by atoms with van der Waals surface area (Å²) in [7, 11) is 1.61. The zero-order chi connectivity index (χ0) is 26.6. The molecule has 3 rings (SSSR count). The highest BCUT2D eigenvalue weighted by molar-refractivity contribution is 6.03. The molecule has 0 aromatic carbocycles. The molecule has 2 aliphatic rings. The molecule has 2 unspecified atom stereocenters. The number of guanidine groups is 1. The molecule has 0 radical (unpaired) electrons. The second kappa shape index (κ2) is 14.1. The summed E-state index contributed by atoms with van der Waals surface area (Å²) < 4.78 is 5.06. The number of unbranched alkanes of at least 4 members (excludes halogenated alkanes) is 9. The van der Waals surface area contributed by atoms with E-state index in [1.807, 2.05) is 4.90 Å². The highest BCUT2D eigenvalue weighted by Gasteiger charge is 2.48. The van der Waals surface area contributed by atoms with E-state index in [0.717, 1.165) is 19.3 Å².